The molecule has 1 unspecified atom stereocenters. The summed E-state index contributed by atoms with van der Waals surface area (Å²) in [4.78, 5) is 57.6. The highest BCUT2D eigenvalue weighted by atomic mass is 32.1. The summed E-state index contributed by atoms with van der Waals surface area (Å²) in [5, 5.41) is 19.5. The van der Waals surface area contributed by atoms with Crippen LogP contribution in [0.15, 0.2) is 66.2 Å². The maximum atomic E-state index is 12.8. The number of aryl methyl sites for hydroxylation is 1. The van der Waals surface area contributed by atoms with Crippen LogP contribution in [0, 0.1) is 6.92 Å². The molecule has 0 bridgehead atoms. The minimum absolute atomic E-state index is 0.194. The van der Waals surface area contributed by atoms with Crippen molar-refractivity contribution in [1.82, 2.24) is 20.6 Å². The molecule has 10 nitrogen and oxygen atoms in total. The number of thiophene rings is 1. The highest BCUT2D eigenvalue weighted by Crippen LogP contribution is 2.27. The first-order valence-electron chi connectivity index (χ1n) is 13.2. The number of aliphatic carboxylic acids is 1. The van der Waals surface area contributed by atoms with E-state index in [4.69, 9.17) is 5.11 Å². The van der Waals surface area contributed by atoms with Gasteiger partial charge in [0.2, 0.25) is 5.91 Å². The third-order valence-corrected chi connectivity index (χ3v) is 7.48. The van der Waals surface area contributed by atoms with Gasteiger partial charge in [0.05, 0.1) is 35.6 Å². The molecule has 2 atom stereocenters. The summed E-state index contributed by atoms with van der Waals surface area (Å²) in [7, 11) is 0. The van der Waals surface area contributed by atoms with Gasteiger partial charge in [-0.15, -0.1) is 11.3 Å². The van der Waals surface area contributed by atoms with Gasteiger partial charge in [0.15, 0.2) is 0 Å². The second-order valence-electron chi connectivity index (χ2n) is 9.57. The molecule has 2 aromatic heterocycles. The first-order chi connectivity index (χ1) is 19.8. The monoisotopic (exact) mass is 573 g/mol. The van der Waals surface area contributed by atoms with E-state index in [1.165, 1.54) is 11.3 Å². The normalized spacial score (nSPS) is 12.3. The Labute approximate surface area is 241 Å². The van der Waals surface area contributed by atoms with E-state index in [0.717, 1.165) is 27.2 Å². The van der Waals surface area contributed by atoms with E-state index in [9.17, 15) is 19.2 Å². The Morgan fingerprint density at radius 1 is 1.05 bits per heavy atom. The Bertz CT molecular complexity index is 1530. The van der Waals surface area contributed by atoms with Crippen molar-refractivity contribution in [3.63, 3.8) is 0 Å². The van der Waals surface area contributed by atoms with Gasteiger partial charge in [-0.2, -0.15) is 0 Å². The smallest absolute Gasteiger partial charge is 0.305 e. The van der Waals surface area contributed by atoms with E-state index >= 15 is 0 Å². The maximum absolute atomic E-state index is 12.8. The predicted molar refractivity (Wildman–Crippen MR) is 157 cm³/mol. The molecule has 2 heterocycles. The number of nitrogens with one attached hydrogen (secondary N) is 3. The van der Waals surface area contributed by atoms with E-state index in [1.54, 1.807) is 12.3 Å². The van der Waals surface area contributed by atoms with Crippen LogP contribution in [0.4, 0.5) is 11.5 Å². The number of anilines is 2. The van der Waals surface area contributed by atoms with Gasteiger partial charge in [0.25, 0.3) is 5.91 Å². The molecule has 0 aliphatic carbocycles. The summed E-state index contributed by atoms with van der Waals surface area (Å²) >= 11 is 1.43. The molecule has 41 heavy (non-hydrogen) atoms. The van der Waals surface area contributed by atoms with Crippen LogP contribution < -0.4 is 16.0 Å². The fourth-order valence-corrected chi connectivity index (χ4v) is 5.24. The Morgan fingerprint density at radius 2 is 1.85 bits per heavy atom. The van der Waals surface area contributed by atoms with Crippen LogP contribution in [-0.4, -0.2) is 51.7 Å². The number of aromatic nitrogens is 2. The van der Waals surface area contributed by atoms with Crippen molar-refractivity contribution in [3.8, 4) is 0 Å². The average Bonchev–Trinajstić information content (AvgIpc) is 3.49. The predicted octanol–water partition coefficient (Wildman–Crippen LogP) is 4.59. The topological polar surface area (TPSA) is 150 Å². The zero-order chi connectivity index (χ0) is 29.2. The quantitative estimate of drug-likeness (QED) is 0.126. The summed E-state index contributed by atoms with van der Waals surface area (Å²) in [6.45, 7) is 2.34. The zero-order valence-electron chi connectivity index (χ0n) is 22.5. The Kier molecular flexibility index (Phi) is 10.1. The number of hydrogen-bond acceptors (Lipinski definition) is 8. The van der Waals surface area contributed by atoms with Crippen LogP contribution in [0.1, 0.15) is 52.4 Å². The second-order valence-corrected chi connectivity index (χ2v) is 10.5. The number of rotatable bonds is 14. The molecule has 0 aliphatic rings. The highest BCUT2D eigenvalue weighted by Gasteiger charge is 2.24. The zero-order valence-corrected chi connectivity index (χ0v) is 23.3. The molecule has 212 valence electrons. The number of para-hydroxylation sites is 2. The van der Waals surface area contributed by atoms with Gasteiger partial charge in [0.1, 0.15) is 12.1 Å². The van der Waals surface area contributed by atoms with E-state index < -0.39 is 24.3 Å². The number of aldehydes is 1. The molecule has 2 amide bonds. The lowest BCUT2D eigenvalue weighted by atomic mass is 9.98. The van der Waals surface area contributed by atoms with Crippen molar-refractivity contribution in [2.75, 3.05) is 11.9 Å². The van der Waals surface area contributed by atoms with Gasteiger partial charge in [0, 0.05) is 22.7 Å². The number of fused-ring (bicyclic) bond motifs is 1. The van der Waals surface area contributed by atoms with E-state index in [2.05, 4.69) is 25.9 Å². The summed E-state index contributed by atoms with van der Waals surface area (Å²) < 4.78 is 0. The number of benzene rings is 2. The molecular weight excluding hydrogens is 542 g/mol. The minimum atomic E-state index is -1.16. The number of unbranched alkanes of at least 4 members (excludes halogenated alkanes) is 1. The number of carbonyl (C=O) groups excluding carboxylic acids is 3. The van der Waals surface area contributed by atoms with Gasteiger partial charge in [-0.25, -0.2) is 4.98 Å². The average molecular weight is 574 g/mol. The largest absolute Gasteiger partial charge is 0.481 e. The first-order valence-corrected chi connectivity index (χ1v) is 14.1. The van der Waals surface area contributed by atoms with Crippen molar-refractivity contribution in [1.29, 1.82) is 0 Å². The van der Waals surface area contributed by atoms with Crippen LogP contribution in [0.5, 0.6) is 0 Å². The molecule has 0 spiro atoms. The summed E-state index contributed by atoms with van der Waals surface area (Å²) in [6.07, 6.45) is 3.44. The Morgan fingerprint density at radius 3 is 2.56 bits per heavy atom. The van der Waals surface area contributed by atoms with Crippen molar-refractivity contribution in [2.45, 2.75) is 44.6 Å². The van der Waals surface area contributed by atoms with Gasteiger partial charge < -0.3 is 25.9 Å². The van der Waals surface area contributed by atoms with Crippen LogP contribution in [0.25, 0.3) is 11.0 Å². The highest BCUT2D eigenvalue weighted by molar-refractivity contribution is 7.10. The maximum Gasteiger partial charge on any atom is 0.305 e. The molecule has 0 fully saturated rings. The van der Waals surface area contributed by atoms with Crippen molar-refractivity contribution in [2.24, 2.45) is 0 Å². The Balaban J connectivity index is 1.27. The summed E-state index contributed by atoms with van der Waals surface area (Å²) in [6, 6.07) is 15.6. The number of nitrogens with zero attached hydrogens (tertiary/aromatic N) is 2. The molecular formula is C30H31N5O5S. The molecule has 0 saturated carbocycles. The second kappa shape index (κ2) is 14.1. The lowest BCUT2D eigenvalue weighted by molar-refractivity contribution is -0.138. The fourth-order valence-electron chi connectivity index (χ4n) is 4.37. The molecule has 4 rings (SSSR count). The fraction of sp³-hybridized carbons (Fsp3) is 0.267. The third-order valence-electron chi connectivity index (χ3n) is 6.49. The van der Waals surface area contributed by atoms with Gasteiger partial charge in [-0.3, -0.25) is 19.4 Å². The van der Waals surface area contributed by atoms with Gasteiger partial charge >= 0.3 is 5.97 Å². The molecule has 4 N–H and O–H groups in total. The molecule has 11 heteroatoms. The molecule has 2 aromatic carbocycles. The van der Waals surface area contributed by atoms with Crippen molar-refractivity contribution < 1.29 is 24.3 Å². The molecule has 4 aromatic rings. The number of carboxylic acids is 1. The Hall–Kier alpha value is -4.64. The standard InChI is InChI=1S/C30H31N5O5S/c1-19-15-20(11-12-23(19)34-27-17-32-24-8-2-3-9-25(24)35-27)29(39)31-13-5-4-7-22(26-10-6-14-41-26)30(40)33-21(18-36)16-28(37)38/h2-3,6,8-12,14-15,17-18,21-22H,4-5,7,13,16H2,1H3,(H,31,39)(H,33,40)(H,34,35)(H,37,38)/t21-,22?/m0/s1. The lowest BCUT2D eigenvalue weighted by Gasteiger charge is -2.18. The van der Waals surface area contributed by atoms with E-state index in [1.807, 2.05) is 60.8 Å². The number of amides is 2. The van der Waals surface area contributed by atoms with E-state index in [-0.39, 0.29) is 11.8 Å². The van der Waals surface area contributed by atoms with Crippen LogP contribution in [0.3, 0.4) is 0 Å². The van der Waals surface area contributed by atoms with Crippen LogP contribution in [-0.2, 0) is 14.4 Å². The SMILES string of the molecule is Cc1cc(C(=O)NCCCCC(C(=O)N[C@H](C=O)CC(=O)O)c2cccs2)ccc1Nc1cnc2ccccc2n1. The molecule has 0 aliphatic heterocycles. The van der Waals surface area contributed by atoms with Crippen LogP contribution in [0.2, 0.25) is 0 Å². The van der Waals surface area contributed by atoms with E-state index in [0.29, 0.717) is 43.5 Å². The lowest BCUT2D eigenvalue weighted by Crippen LogP contribution is -2.40. The minimum Gasteiger partial charge on any atom is -0.481 e. The number of carboxylic acid groups (broad SMARTS) is 1. The summed E-state index contributed by atoms with van der Waals surface area (Å²) in [5.74, 6) is -1.63. The number of hydrogen-bond donors (Lipinski definition) is 4. The van der Waals surface area contributed by atoms with Crippen molar-refractivity contribution >= 4 is 57.9 Å². The molecule has 0 saturated heterocycles. The van der Waals surface area contributed by atoms with Crippen molar-refractivity contribution in [3.05, 3.63) is 82.2 Å². The van der Waals surface area contributed by atoms with Gasteiger partial charge in [-0.05, 0) is 67.1 Å². The van der Waals surface area contributed by atoms with Crippen LogP contribution >= 0.6 is 11.3 Å². The third kappa shape index (κ3) is 8.18. The summed E-state index contributed by atoms with van der Waals surface area (Å²) in [5.41, 5.74) is 3.84. The first kappa shape index (κ1) is 29.3. The van der Waals surface area contributed by atoms with Gasteiger partial charge in [-0.1, -0.05) is 24.6 Å². The molecule has 0 radical (unpaired) electrons. The number of carbonyl (C=O) groups is 4.